The van der Waals surface area contributed by atoms with Crippen LogP contribution in [0, 0.1) is 0 Å². The highest BCUT2D eigenvalue weighted by Gasteiger charge is 2.25. The minimum Gasteiger partial charge on any atom is -0.493 e. The van der Waals surface area contributed by atoms with Gasteiger partial charge in [-0.1, -0.05) is 27.7 Å². The molecule has 0 heterocycles. The van der Waals surface area contributed by atoms with Gasteiger partial charge >= 0.3 is 5.97 Å². The van der Waals surface area contributed by atoms with Crippen molar-refractivity contribution in [3.05, 3.63) is 93.0 Å². The first-order valence-electron chi connectivity index (χ1n) is 22.7. The van der Waals surface area contributed by atoms with E-state index in [9.17, 15) is 29.1 Å². The first-order chi connectivity index (χ1) is 31.2. The Balaban J connectivity index is 1.93. The SMILES string of the molecule is CCCOc1c2cc(NC(C)=O)cc1Cc1cc(NC(C)=O)cc(c1OCCC)Cc1cc(NC(=O)CCCC(=O)O)cc(c1OCCC)Cc1cc(NC(C)=O)cc(c1OCCC)C2. The van der Waals surface area contributed by atoms with Gasteiger partial charge in [0.05, 0.1) is 26.4 Å². The number of hydrogen-bond acceptors (Lipinski definition) is 9. The third-order valence-electron chi connectivity index (χ3n) is 10.3. The number of amides is 4. The second-order valence-corrected chi connectivity index (χ2v) is 16.4. The second-order valence-electron chi connectivity index (χ2n) is 16.4. The minimum atomic E-state index is -0.978. The Hall–Kier alpha value is -6.57. The van der Waals surface area contributed by atoms with E-state index in [4.69, 9.17) is 18.9 Å². The first kappa shape index (κ1) is 49.4. The average molecular weight is 893 g/mol. The van der Waals surface area contributed by atoms with Gasteiger partial charge in [-0.3, -0.25) is 24.0 Å². The largest absolute Gasteiger partial charge is 0.493 e. The molecular formula is C51H64N4O10. The van der Waals surface area contributed by atoms with Crippen molar-refractivity contribution in [1.82, 2.24) is 0 Å². The number of benzene rings is 4. The molecule has 4 aromatic carbocycles. The van der Waals surface area contributed by atoms with Crippen LogP contribution in [0.4, 0.5) is 22.7 Å². The number of carboxylic acids is 1. The maximum atomic E-state index is 13.4. The van der Waals surface area contributed by atoms with Gasteiger partial charge in [0.2, 0.25) is 23.6 Å². The number of fused-ring (bicyclic) bond motifs is 8. The maximum Gasteiger partial charge on any atom is 0.303 e. The molecule has 8 bridgehead atoms. The number of carbonyl (C=O) groups excluding carboxylic acids is 4. The Morgan fingerprint density at radius 1 is 0.431 bits per heavy atom. The lowest BCUT2D eigenvalue weighted by atomic mass is 9.90. The van der Waals surface area contributed by atoms with E-state index < -0.39 is 5.97 Å². The molecule has 0 unspecified atom stereocenters. The lowest BCUT2D eigenvalue weighted by Crippen LogP contribution is -2.15. The van der Waals surface area contributed by atoms with E-state index in [1.54, 1.807) is 0 Å². The van der Waals surface area contributed by atoms with E-state index in [2.05, 4.69) is 21.3 Å². The lowest BCUT2D eigenvalue weighted by Gasteiger charge is -2.25. The number of hydrogen-bond donors (Lipinski definition) is 5. The topological polar surface area (TPSA) is 191 Å². The number of ether oxygens (including phenoxy) is 4. The summed E-state index contributed by atoms with van der Waals surface area (Å²) in [6.45, 7) is 14.1. The summed E-state index contributed by atoms with van der Waals surface area (Å²) in [6, 6.07) is 15.2. The summed E-state index contributed by atoms with van der Waals surface area (Å²) in [5.41, 5.74) is 8.20. The molecule has 0 atom stereocenters. The van der Waals surface area contributed by atoms with Crippen molar-refractivity contribution in [2.75, 3.05) is 47.7 Å². The molecule has 0 spiro atoms. The molecule has 348 valence electrons. The van der Waals surface area contributed by atoms with Crippen LogP contribution in [0.25, 0.3) is 0 Å². The first-order valence-corrected chi connectivity index (χ1v) is 22.7. The predicted molar refractivity (Wildman–Crippen MR) is 253 cm³/mol. The van der Waals surface area contributed by atoms with Crippen LogP contribution in [0.5, 0.6) is 23.0 Å². The van der Waals surface area contributed by atoms with Crippen LogP contribution in [0.1, 0.15) is 138 Å². The molecule has 0 saturated carbocycles. The molecule has 4 aromatic rings. The van der Waals surface area contributed by atoms with Gasteiger partial charge in [-0.25, -0.2) is 0 Å². The van der Waals surface area contributed by atoms with Crippen molar-refractivity contribution in [3.8, 4) is 23.0 Å². The van der Waals surface area contributed by atoms with Crippen LogP contribution in [0.3, 0.4) is 0 Å². The summed E-state index contributed by atoms with van der Waals surface area (Å²) in [5.74, 6) is 0.410. The maximum absolute atomic E-state index is 13.4. The van der Waals surface area contributed by atoms with Crippen molar-refractivity contribution in [2.24, 2.45) is 0 Å². The molecule has 0 radical (unpaired) electrons. The number of rotatable bonds is 20. The van der Waals surface area contributed by atoms with Gasteiger partial charge in [-0.05, 0) is 80.6 Å². The van der Waals surface area contributed by atoms with Crippen LogP contribution in [-0.4, -0.2) is 61.1 Å². The molecular weight excluding hydrogens is 829 g/mol. The summed E-state index contributed by atoms with van der Waals surface area (Å²) in [5, 5.41) is 21.3. The summed E-state index contributed by atoms with van der Waals surface area (Å²) >= 11 is 0. The Bertz CT molecular complexity index is 2250. The normalized spacial score (nSPS) is 11.8. The summed E-state index contributed by atoms with van der Waals surface area (Å²) < 4.78 is 26.6. The molecule has 5 N–H and O–H groups in total. The van der Waals surface area contributed by atoms with Crippen LogP contribution < -0.4 is 40.2 Å². The zero-order valence-corrected chi connectivity index (χ0v) is 38.8. The van der Waals surface area contributed by atoms with Crippen molar-refractivity contribution in [2.45, 2.75) is 119 Å². The third-order valence-corrected chi connectivity index (χ3v) is 10.3. The molecule has 1 aliphatic carbocycles. The molecule has 65 heavy (non-hydrogen) atoms. The van der Waals surface area contributed by atoms with Gasteiger partial charge in [-0.2, -0.15) is 0 Å². The second kappa shape index (κ2) is 23.9. The number of nitrogens with one attached hydrogen (secondary N) is 4. The van der Waals surface area contributed by atoms with E-state index in [1.807, 2.05) is 76.2 Å². The van der Waals surface area contributed by atoms with Crippen molar-refractivity contribution >= 4 is 52.3 Å². The molecule has 4 amide bonds. The summed E-state index contributed by atoms with van der Waals surface area (Å²) in [6.07, 6.45) is 3.99. The quantitative estimate of drug-likeness (QED) is 0.0503. The van der Waals surface area contributed by atoms with Crippen molar-refractivity contribution in [3.63, 3.8) is 0 Å². The fourth-order valence-corrected chi connectivity index (χ4v) is 7.97. The number of carbonyl (C=O) groups is 5. The molecule has 0 aromatic heterocycles. The van der Waals surface area contributed by atoms with Crippen molar-refractivity contribution < 1.29 is 48.0 Å². The van der Waals surface area contributed by atoms with Crippen LogP contribution in [0.15, 0.2) is 48.5 Å². The van der Waals surface area contributed by atoms with Crippen molar-refractivity contribution in [1.29, 1.82) is 0 Å². The fraction of sp³-hybridized carbons (Fsp3) is 0.431. The molecule has 0 fully saturated rings. The van der Waals surface area contributed by atoms with E-state index >= 15 is 0 Å². The van der Waals surface area contributed by atoms with Gasteiger partial charge < -0.3 is 45.3 Å². The molecule has 0 saturated heterocycles. The van der Waals surface area contributed by atoms with E-state index in [1.165, 1.54) is 20.8 Å². The highest BCUT2D eigenvalue weighted by atomic mass is 16.5. The zero-order chi connectivity index (χ0) is 47.0. The lowest BCUT2D eigenvalue weighted by molar-refractivity contribution is -0.137. The molecule has 0 aliphatic heterocycles. The molecule has 14 heteroatoms. The highest BCUT2D eigenvalue weighted by Crippen LogP contribution is 2.43. The highest BCUT2D eigenvalue weighted by molar-refractivity contribution is 5.92. The Kier molecular flexibility index (Phi) is 18.2. The number of carboxylic acid groups (broad SMARTS) is 1. The van der Waals surface area contributed by atoms with E-state index in [-0.39, 0.29) is 68.6 Å². The Morgan fingerprint density at radius 2 is 0.677 bits per heavy atom. The predicted octanol–water partition coefficient (Wildman–Crippen LogP) is 9.59. The van der Waals surface area contributed by atoms with Gasteiger partial charge in [-0.15, -0.1) is 0 Å². The summed E-state index contributed by atoms with van der Waals surface area (Å²) in [4.78, 5) is 62.7. The monoisotopic (exact) mass is 892 g/mol. The minimum absolute atomic E-state index is 0.00701. The van der Waals surface area contributed by atoms with Crippen LogP contribution in [0.2, 0.25) is 0 Å². The number of anilines is 4. The smallest absolute Gasteiger partial charge is 0.303 e. The standard InChI is InChI=1S/C51H64N4O10/c1-8-15-62-48-34-19-36-25-43(53-32(6)57)27-38(49(36)63-16-9-2)21-40-29-45(55-46(59)13-12-14-47(60)61)30-41(51(40)65-18-11-4)22-39-28-44(54-33(7)58)26-37(50(39)64-17-10-3)20-35(48)24-42(23-34)52-31(5)56/h23-30H,8-22H2,1-7H3,(H,52,56)(H,53,57)(H,54,58)(H,55,59)(H,60,61). The number of aliphatic carboxylic acids is 1. The van der Waals surface area contributed by atoms with E-state index in [0.717, 1.165) is 63.8 Å². The molecule has 1 aliphatic rings. The Morgan fingerprint density at radius 3 is 0.892 bits per heavy atom. The fourth-order valence-electron chi connectivity index (χ4n) is 7.97. The Labute approximate surface area is 382 Å². The van der Waals surface area contributed by atoms with Gasteiger partial charge in [0.25, 0.3) is 0 Å². The third kappa shape index (κ3) is 14.2. The zero-order valence-electron chi connectivity index (χ0n) is 38.8. The summed E-state index contributed by atoms with van der Waals surface area (Å²) in [7, 11) is 0. The van der Waals surface area contributed by atoms with Crippen LogP contribution >= 0.6 is 0 Å². The molecule has 14 nitrogen and oxygen atoms in total. The van der Waals surface area contributed by atoms with Crippen LogP contribution in [-0.2, 0) is 49.7 Å². The molecule has 5 rings (SSSR count). The average Bonchev–Trinajstić information content (AvgIpc) is 3.21. The van der Waals surface area contributed by atoms with Gasteiger partial charge in [0, 0.05) is 127 Å². The van der Waals surface area contributed by atoms with Gasteiger partial charge in [0.1, 0.15) is 23.0 Å². The van der Waals surface area contributed by atoms with Gasteiger partial charge in [0.15, 0.2) is 0 Å². The van der Waals surface area contributed by atoms with E-state index in [0.29, 0.717) is 78.6 Å².